The van der Waals surface area contributed by atoms with E-state index in [2.05, 4.69) is 17.3 Å². The molecule has 7 heteroatoms. The van der Waals surface area contributed by atoms with Crippen LogP contribution in [0.4, 0.5) is 4.79 Å². The summed E-state index contributed by atoms with van der Waals surface area (Å²) < 4.78 is 5.25. The Bertz CT molecular complexity index is 852. The van der Waals surface area contributed by atoms with Crippen LogP contribution in [0.1, 0.15) is 36.9 Å². The van der Waals surface area contributed by atoms with Gasteiger partial charge in [0.25, 0.3) is 0 Å². The van der Waals surface area contributed by atoms with Crippen LogP contribution in [0.25, 0.3) is 0 Å². The summed E-state index contributed by atoms with van der Waals surface area (Å²) in [5.41, 5.74) is 1.88. The van der Waals surface area contributed by atoms with Crippen molar-refractivity contribution in [3.8, 4) is 5.75 Å². The fraction of sp³-hybridized carbons (Fsp3) is 0.435. The molecule has 0 radical (unpaired) electrons. The minimum absolute atomic E-state index is 0.0936. The summed E-state index contributed by atoms with van der Waals surface area (Å²) in [6.07, 6.45) is 1.90. The van der Waals surface area contributed by atoms with Crippen molar-refractivity contribution in [1.82, 2.24) is 15.1 Å². The number of hydrogen-bond acceptors (Lipinski definition) is 3. The summed E-state index contributed by atoms with van der Waals surface area (Å²) in [6.45, 7) is 4.43. The van der Waals surface area contributed by atoms with Crippen LogP contribution in [0, 0.1) is 0 Å². The topological polar surface area (TPSA) is 44.8 Å². The van der Waals surface area contributed by atoms with Crippen molar-refractivity contribution in [2.75, 3.05) is 27.2 Å². The highest BCUT2D eigenvalue weighted by Gasteiger charge is 2.28. The lowest BCUT2D eigenvalue weighted by atomic mass is 10.0. The number of carbonyl (C=O) groups excluding carboxylic acids is 1. The number of nitrogens with one attached hydrogen (secondary N) is 1. The molecule has 0 aliphatic carbocycles. The molecule has 30 heavy (non-hydrogen) atoms. The molecule has 0 bridgehead atoms. The fourth-order valence-electron chi connectivity index (χ4n) is 3.80. The van der Waals surface area contributed by atoms with Crippen molar-refractivity contribution < 1.29 is 9.53 Å². The molecular weight excluding hydrogens is 421 g/mol. The number of halogens is 2. The van der Waals surface area contributed by atoms with Gasteiger partial charge in [0.15, 0.2) is 0 Å². The number of urea groups is 1. The van der Waals surface area contributed by atoms with Gasteiger partial charge in [-0.2, -0.15) is 0 Å². The third kappa shape index (κ3) is 5.60. The van der Waals surface area contributed by atoms with Crippen LogP contribution in [0.15, 0.2) is 42.5 Å². The second-order valence-corrected chi connectivity index (χ2v) is 8.61. The minimum atomic E-state index is -0.256. The Morgan fingerprint density at radius 3 is 2.50 bits per heavy atom. The van der Waals surface area contributed by atoms with Crippen LogP contribution in [-0.2, 0) is 6.54 Å². The summed E-state index contributed by atoms with van der Waals surface area (Å²) in [5.74, 6) is 0.804. The molecule has 2 aromatic carbocycles. The maximum atomic E-state index is 13.3. The van der Waals surface area contributed by atoms with Gasteiger partial charge in [-0.15, -0.1) is 0 Å². The Balaban J connectivity index is 1.77. The lowest BCUT2D eigenvalue weighted by Gasteiger charge is -2.38. The van der Waals surface area contributed by atoms with Crippen LogP contribution in [0.3, 0.4) is 0 Å². The maximum Gasteiger partial charge on any atom is 0.318 e. The molecule has 1 heterocycles. The largest absolute Gasteiger partial charge is 0.497 e. The number of nitrogens with zero attached hydrogens (tertiary/aromatic N) is 2. The van der Waals surface area contributed by atoms with Gasteiger partial charge in [-0.1, -0.05) is 47.5 Å². The van der Waals surface area contributed by atoms with Crippen LogP contribution < -0.4 is 10.1 Å². The lowest BCUT2D eigenvalue weighted by molar-refractivity contribution is 0.125. The number of benzene rings is 2. The zero-order chi connectivity index (χ0) is 21.7. The quantitative estimate of drug-likeness (QED) is 0.644. The highest BCUT2D eigenvalue weighted by atomic mass is 35.5. The van der Waals surface area contributed by atoms with E-state index in [1.165, 1.54) is 0 Å². The Morgan fingerprint density at radius 1 is 1.20 bits per heavy atom. The van der Waals surface area contributed by atoms with Crippen LogP contribution in [0.2, 0.25) is 10.0 Å². The molecule has 2 amide bonds. The van der Waals surface area contributed by atoms with Crippen molar-refractivity contribution in [3.63, 3.8) is 0 Å². The maximum absolute atomic E-state index is 13.3. The second kappa shape index (κ2) is 10.4. The molecule has 1 fully saturated rings. The van der Waals surface area contributed by atoms with Gasteiger partial charge in [0.2, 0.25) is 0 Å². The molecule has 5 nitrogen and oxygen atoms in total. The molecule has 0 aromatic heterocycles. The van der Waals surface area contributed by atoms with E-state index in [0.29, 0.717) is 16.6 Å². The monoisotopic (exact) mass is 449 g/mol. The number of hydrogen-bond donors (Lipinski definition) is 1. The highest BCUT2D eigenvalue weighted by Crippen LogP contribution is 2.30. The third-order valence-electron chi connectivity index (χ3n) is 5.69. The molecule has 3 rings (SSSR count). The minimum Gasteiger partial charge on any atom is -0.497 e. The van der Waals surface area contributed by atoms with E-state index in [-0.39, 0.29) is 18.1 Å². The van der Waals surface area contributed by atoms with Crippen molar-refractivity contribution >= 4 is 29.2 Å². The van der Waals surface area contributed by atoms with E-state index >= 15 is 0 Å². The Hall–Kier alpha value is -1.95. The van der Waals surface area contributed by atoms with Crippen LogP contribution >= 0.6 is 23.2 Å². The molecule has 1 atom stereocenters. The Labute approximate surface area is 188 Å². The number of ether oxygens (including phenoxy) is 1. The molecule has 0 spiro atoms. The zero-order valence-corrected chi connectivity index (χ0v) is 19.2. The average Bonchev–Trinajstić information content (AvgIpc) is 2.75. The predicted octanol–water partition coefficient (Wildman–Crippen LogP) is 5.37. The Kier molecular flexibility index (Phi) is 7.87. The standard InChI is InChI=1S/C23H29Cl2N3O2/c1-16(20-5-4-6-21(24)22(20)25)26-23(29)28(18-11-13-27(2)14-12-18)15-17-7-9-19(30-3)10-8-17/h4-10,16,18H,11-15H2,1-3H3,(H,26,29). The number of rotatable bonds is 6. The van der Waals surface area contributed by atoms with E-state index in [9.17, 15) is 4.79 Å². The van der Waals surface area contributed by atoms with E-state index < -0.39 is 0 Å². The first kappa shape index (κ1) is 22.7. The fourth-order valence-corrected chi connectivity index (χ4v) is 4.27. The first-order valence-electron chi connectivity index (χ1n) is 10.2. The molecule has 1 saturated heterocycles. The van der Waals surface area contributed by atoms with Gasteiger partial charge in [0, 0.05) is 12.6 Å². The van der Waals surface area contributed by atoms with Crippen molar-refractivity contribution in [2.45, 2.75) is 38.4 Å². The van der Waals surface area contributed by atoms with Gasteiger partial charge in [-0.3, -0.25) is 0 Å². The molecule has 2 aromatic rings. The summed E-state index contributed by atoms with van der Waals surface area (Å²) in [6, 6.07) is 13.2. The van der Waals surface area contributed by atoms with Gasteiger partial charge >= 0.3 is 6.03 Å². The third-order valence-corrected chi connectivity index (χ3v) is 6.52. The Morgan fingerprint density at radius 2 is 1.87 bits per heavy atom. The molecule has 1 unspecified atom stereocenters. The molecular formula is C23H29Cl2N3O2. The smallest absolute Gasteiger partial charge is 0.318 e. The molecule has 0 saturated carbocycles. The van der Waals surface area contributed by atoms with Gasteiger partial charge in [-0.05, 0) is 69.2 Å². The van der Waals surface area contributed by atoms with Crippen molar-refractivity contribution in [3.05, 3.63) is 63.6 Å². The molecule has 1 aliphatic heterocycles. The summed E-state index contributed by atoms with van der Waals surface area (Å²) in [4.78, 5) is 17.6. The van der Waals surface area contributed by atoms with Gasteiger partial charge < -0.3 is 19.9 Å². The SMILES string of the molecule is COc1ccc(CN(C(=O)NC(C)c2cccc(Cl)c2Cl)C2CCN(C)CC2)cc1. The van der Waals surface area contributed by atoms with E-state index in [1.54, 1.807) is 13.2 Å². The number of carbonyl (C=O) groups is 1. The van der Waals surface area contributed by atoms with E-state index in [0.717, 1.165) is 42.8 Å². The van der Waals surface area contributed by atoms with E-state index in [1.807, 2.05) is 48.2 Å². The van der Waals surface area contributed by atoms with E-state index in [4.69, 9.17) is 27.9 Å². The summed E-state index contributed by atoms with van der Waals surface area (Å²) in [7, 11) is 3.77. The zero-order valence-electron chi connectivity index (χ0n) is 17.7. The van der Waals surface area contributed by atoms with Crippen LogP contribution in [-0.4, -0.2) is 49.1 Å². The highest BCUT2D eigenvalue weighted by molar-refractivity contribution is 6.42. The second-order valence-electron chi connectivity index (χ2n) is 7.82. The molecule has 162 valence electrons. The predicted molar refractivity (Wildman–Crippen MR) is 122 cm³/mol. The summed E-state index contributed by atoms with van der Waals surface area (Å²) in [5, 5.41) is 4.09. The van der Waals surface area contributed by atoms with Crippen molar-refractivity contribution in [1.29, 1.82) is 0 Å². The van der Waals surface area contributed by atoms with Crippen molar-refractivity contribution in [2.24, 2.45) is 0 Å². The van der Waals surface area contributed by atoms with Gasteiger partial charge in [-0.25, -0.2) is 4.79 Å². The first-order valence-corrected chi connectivity index (χ1v) is 11.0. The molecule has 1 aliphatic rings. The number of likely N-dealkylation sites (tertiary alicyclic amines) is 1. The average molecular weight is 450 g/mol. The summed E-state index contributed by atoms with van der Waals surface area (Å²) >= 11 is 12.5. The number of amides is 2. The van der Waals surface area contributed by atoms with Gasteiger partial charge in [0.05, 0.1) is 23.2 Å². The first-order chi connectivity index (χ1) is 14.4. The normalized spacial score (nSPS) is 16.2. The van der Waals surface area contributed by atoms with Crippen LogP contribution in [0.5, 0.6) is 5.75 Å². The number of methoxy groups -OCH3 is 1. The number of piperidine rings is 1. The van der Waals surface area contributed by atoms with Gasteiger partial charge in [0.1, 0.15) is 5.75 Å². The molecule has 1 N–H and O–H groups in total. The lowest BCUT2D eigenvalue weighted by Crippen LogP contribution is -2.50.